The van der Waals surface area contributed by atoms with Gasteiger partial charge in [0, 0.05) is 6.42 Å². The fourth-order valence-electron chi connectivity index (χ4n) is 1.31. The summed E-state index contributed by atoms with van der Waals surface area (Å²) >= 11 is 0. The van der Waals surface area contributed by atoms with Crippen LogP contribution in [-0.2, 0) is 4.79 Å². The Bertz CT molecular complexity index is 363. The van der Waals surface area contributed by atoms with Gasteiger partial charge in [0.15, 0.2) is 5.78 Å². The van der Waals surface area contributed by atoms with Crippen LogP contribution < -0.4 is 0 Å². The molecule has 1 nitrogen and oxygen atoms in total. The number of carbonyl (C=O) groups excluding carboxylic acids is 1. The molecule has 0 heterocycles. The first-order valence-electron chi connectivity index (χ1n) is 5.10. The second-order valence-corrected chi connectivity index (χ2v) is 3.55. The van der Waals surface area contributed by atoms with E-state index in [2.05, 4.69) is 0 Å². The van der Waals surface area contributed by atoms with Crippen LogP contribution in [0.15, 0.2) is 29.8 Å². The lowest BCUT2D eigenvalue weighted by molar-refractivity contribution is -0.115. The SMILES string of the molecule is CCCC(=O)/C(C)=C/c1ccc(F)cc1. The maximum Gasteiger partial charge on any atom is 0.158 e. The Morgan fingerprint density at radius 3 is 2.47 bits per heavy atom. The predicted octanol–water partition coefficient (Wildman–Crippen LogP) is 3.60. The van der Waals surface area contributed by atoms with Crippen LogP contribution in [0.3, 0.4) is 0 Å². The number of ketones is 1. The Labute approximate surface area is 89.6 Å². The van der Waals surface area contributed by atoms with Crippen LogP contribution in [0.1, 0.15) is 32.3 Å². The summed E-state index contributed by atoms with van der Waals surface area (Å²) in [5, 5.41) is 0. The van der Waals surface area contributed by atoms with Crippen molar-refractivity contribution >= 4 is 11.9 Å². The van der Waals surface area contributed by atoms with E-state index in [4.69, 9.17) is 0 Å². The van der Waals surface area contributed by atoms with E-state index in [1.165, 1.54) is 12.1 Å². The topological polar surface area (TPSA) is 17.1 Å². The van der Waals surface area contributed by atoms with Crippen molar-refractivity contribution in [3.63, 3.8) is 0 Å². The lowest BCUT2D eigenvalue weighted by Gasteiger charge is -1.99. The molecule has 0 N–H and O–H groups in total. The molecule has 0 aromatic heterocycles. The normalized spacial score (nSPS) is 11.5. The van der Waals surface area contributed by atoms with Gasteiger partial charge >= 0.3 is 0 Å². The molecule has 0 saturated carbocycles. The predicted molar refractivity (Wildman–Crippen MR) is 60.0 cm³/mol. The van der Waals surface area contributed by atoms with Crippen molar-refractivity contribution in [1.82, 2.24) is 0 Å². The van der Waals surface area contributed by atoms with Crippen LogP contribution in [0, 0.1) is 5.82 Å². The first-order chi connectivity index (χ1) is 7.13. The summed E-state index contributed by atoms with van der Waals surface area (Å²) in [6.07, 6.45) is 3.22. The number of hydrogen-bond donors (Lipinski definition) is 0. The first-order valence-corrected chi connectivity index (χ1v) is 5.10. The average molecular weight is 206 g/mol. The molecule has 0 radical (unpaired) electrons. The van der Waals surface area contributed by atoms with Crippen LogP contribution in [0.5, 0.6) is 0 Å². The lowest BCUT2D eigenvalue weighted by atomic mass is 10.1. The van der Waals surface area contributed by atoms with Gasteiger partial charge in [-0.2, -0.15) is 0 Å². The minimum absolute atomic E-state index is 0.154. The van der Waals surface area contributed by atoms with E-state index in [1.54, 1.807) is 25.1 Å². The summed E-state index contributed by atoms with van der Waals surface area (Å²) in [5.74, 6) is -0.105. The molecule has 0 atom stereocenters. The van der Waals surface area contributed by atoms with Crippen molar-refractivity contribution in [3.8, 4) is 0 Å². The molecule has 1 aromatic rings. The molecule has 0 bridgehead atoms. The molecule has 1 rings (SSSR count). The molecule has 80 valence electrons. The molecule has 0 aliphatic carbocycles. The number of hydrogen-bond acceptors (Lipinski definition) is 1. The number of Topliss-reactive ketones (excluding diaryl/α,β-unsaturated/α-hetero) is 1. The number of rotatable bonds is 4. The highest BCUT2D eigenvalue weighted by atomic mass is 19.1. The Morgan fingerprint density at radius 1 is 1.33 bits per heavy atom. The maximum atomic E-state index is 12.6. The Morgan fingerprint density at radius 2 is 1.93 bits per heavy atom. The van der Waals surface area contributed by atoms with E-state index in [0.717, 1.165) is 17.6 Å². The highest BCUT2D eigenvalue weighted by molar-refractivity contribution is 5.98. The van der Waals surface area contributed by atoms with Gasteiger partial charge in [-0.1, -0.05) is 19.1 Å². The van der Waals surface area contributed by atoms with Crippen molar-refractivity contribution < 1.29 is 9.18 Å². The Hall–Kier alpha value is -1.44. The molecule has 1 aromatic carbocycles. The highest BCUT2D eigenvalue weighted by Gasteiger charge is 2.02. The van der Waals surface area contributed by atoms with E-state index in [-0.39, 0.29) is 11.6 Å². The van der Waals surface area contributed by atoms with E-state index in [9.17, 15) is 9.18 Å². The summed E-state index contributed by atoms with van der Waals surface area (Å²) in [4.78, 5) is 11.5. The van der Waals surface area contributed by atoms with E-state index < -0.39 is 0 Å². The molecule has 0 amide bonds. The molecular formula is C13H15FO. The standard InChI is InChI=1S/C13H15FO/c1-3-4-13(15)10(2)9-11-5-7-12(14)8-6-11/h5-9H,3-4H2,1-2H3/b10-9+. The van der Waals surface area contributed by atoms with Crippen molar-refractivity contribution in [2.24, 2.45) is 0 Å². The van der Waals surface area contributed by atoms with Gasteiger partial charge in [-0.25, -0.2) is 4.39 Å². The molecule has 2 heteroatoms. The van der Waals surface area contributed by atoms with Crippen molar-refractivity contribution in [3.05, 3.63) is 41.2 Å². The summed E-state index contributed by atoms with van der Waals surface area (Å²) in [5.41, 5.74) is 1.59. The quantitative estimate of drug-likeness (QED) is 0.688. The minimum atomic E-state index is -0.260. The lowest BCUT2D eigenvalue weighted by Crippen LogP contribution is -1.97. The van der Waals surface area contributed by atoms with Gasteiger partial charge in [-0.3, -0.25) is 4.79 Å². The number of halogens is 1. The van der Waals surface area contributed by atoms with Gasteiger partial charge in [0.1, 0.15) is 5.82 Å². The number of benzene rings is 1. The smallest absolute Gasteiger partial charge is 0.158 e. The first kappa shape index (κ1) is 11.6. The maximum absolute atomic E-state index is 12.6. The van der Waals surface area contributed by atoms with Crippen LogP contribution in [0.4, 0.5) is 4.39 Å². The third kappa shape index (κ3) is 3.66. The molecule has 0 fully saturated rings. The zero-order valence-corrected chi connectivity index (χ0v) is 9.09. The summed E-state index contributed by atoms with van der Waals surface area (Å²) < 4.78 is 12.6. The van der Waals surface area contributed by atoms with Crippen molar-refractivity contribution in [1.29, 1.82) is 0 Å². The molecule has 15 heavy (non-hydrogen) atoms. The molecule has 0 unspecified atom stereocenters. The average Bonchev–Trinajstić information content (AvgIpc) is 2.22. The van der Waals surface area contributed by atoms with Crippen LogP contribution in [0.2, 0.25) is 0 Å². The number of carbonyl (C=O) groups is 1. The van der Waals surface area contributed by atoms with Gasteiger partial charge < -0.3 is 0 Å². The van der Waals surface area contributed by atoms with Crippen molar-refractivity contribution in [2.45, 2.75) is 26.7 Å². The van der Waals surface area contributed by atoms with Crippen LogP contribution in [-0.4, -0.2) is 5.78 Å². The van der Waals surface area contributed by atoms with Gasteiger partial charge in [0.05, 0.1) is 0 Å². The van der Waals surface area contributed by atoms with Gasteiger partial charge in [-0.05, 0) is 42.7 Å². The molecular weight excluding hydrogens is 191 g/mol. The van der Waals surface area contributed by atoms with E-state index in [0.29, 0.717) is 6.42 Å². The largest absolute Gasteiger partial charge is 0.295 e. The molecule has 0 aliphatic heterocycles. The fraction of sp³-hybridized carbons (Fsp3) is 0.308. The third-order valence-electron chi connectivity index (χ3n) is 2.17. The molecule has 0 spiro atoms. The van der Waals surface area contributed by atoms with Crippen molar-refractivity contribution in [2.75, 3.05) is 0 Å². The highest BCUT2D eigenvalue weighted by Crippen LogP contribution is 2.10. The zero-order chi connectivity index (χ0) is 11.3. The fourth-order valence-corrected chi connectivity index (χ4v) is 1.31. The van der Waals surface area contributed by atoms with Crippen LogP contribution >= 0.6 is 0 Å². The second kappa shape index (κ2) is 5.44. The molecule has 0 saturated heterocycles. The van der Waals surface area contributed by atoms with Gasteiger partial charge in [0.2, 0.25) is 0 Å². The van der Waals surface area contributed by atoms with Gasteiger partial charge in [0.25, 0.3) is 0 Å². The Kier molecular flexibility index (Phi) is 4.22. The number of allylic oxidation sites excluding steroid dienone is 1. The zero-order valence-electron chi connectivity index (χ0n) is 9.09. The molecule has 0 aliphatic rings. The van der Waals surface area contributed by atoms with Gasteiger partial charge in [-0.15, -0.1) is 0 Å². The van der Waals surface area contributed by atoms with Crippen LogP contribution in [0.25, 0.3) is 6.08 Å². The monoisotopic (exact) mass is 206 g/mol. The summed E-state index contributed by atoms with van der Waals surface area (Å²) in [6, 6.07) is 6.11. The minimum Gasteiger partial charge on any atom is -0.295 e. The Balaban J connectivity index is 2.78. The van der Waals surface area contributed by atoms with E-state index >= 15 is 0 Å². The summed E-state index contributed by atoms with van der Waals surface area (Å²) in [7, 11) is 0. The summed E-state index contributed by atoms with van der Waals surface area (Å²) in [6.45, 7) is 3.77. The second-order valence-electron chi connectivity index (χ2n) is 3.55. The van der Waals surface area contributed by atoms with E-state index in [1.807, 2.05) is 6.92 Å². The third-order valence-corrected chi connectivity index (χ3v) is 2.17.